The van der Waals surface area contributed by atoms with Crippen molar-refractivity contribution in [1.82, 2.24) is 19.5 Å². The van der Waals surface area contributed by atoms with Crippen LogP contribution < -0.4 is 5.73 Å². The van der Waals surface area contributed by atoms with Crippen LogP contribution in [0.2, 0.25) is 0 Å². The Morgan fingerprint density at radius 3 is 2.06 bits per heavy atom. The van der Waals surface area contributed by atoms with Crippen LogP contribution in [0.1, 0.15) is 54.4 Å². The summed E-state index contributed by atoms with van der Waals surface area (Å²) in [7, 11) is -3.99. The van der Waals surface area contributed by atoms with Gasteiger partial charge in [-0.3, -0.25) is 23.2 Å². The van der Waals surface area contributed by atoms with Crippen molar-refractivity contribution in [1.29, 1.82) is 0 Å². The SMILES string of the molecule is CC(C)(C)C(=O)OCOP(=O)(COC1(Cn2cnc3c(N)ncnc32)CC1)OCOC(=O)C(C)(C)C. The summed E-state index contributed by atoms with van der Waals surface area (Å²) in [4.78, 5) is 36.5. The quantitative estimate of drug-likeness (QED) is 0.258. The first-order chi connectivity index (χ1) is 16.6. The fourth-order valence-corrected chi connectivity index (χ4v) is 3.98. The minimum absolute atomic E-state index is 0.269. The Kier molecular flexibility index (Phi) is 8.09. The maximum Gasteiger partial charge on any atom is 0.361 e. The molecule has 0 amide bonds. The molecule has 1 fully saturated rings. The lowest BCUT2D eigenvalue weighted by atomic mass is 9.98. The van der Waals surface area contributed by atoms with Crippen molar-refractivity contribution in [3.8, 4) is 0 Å². The molecular weight excluding hydrogens is 493 g/mol. The van der Waals surface area contributed by atoms with Crippen LogP contribution in [0, 0.1) is 10.8 Å². The first-order valence-corrected chi connectivity index (χ1v) is 13.1. The van der Waals surface area contributed by atoms with Gasteiger partial charge in [0.05, 0.1) is 29.3 Å². The summed E-state index contributed by atoms with van der Waals surface area (Å²) in [6, 6.07) is 0. The van der Waals surface area contributed by atoms with E-state index in [2.05, 4.69) is 15.0 Å². The molecule has 2 N–H and O–H groups in total. The molecule has 200 valence electrons. The number of imidazole rings is 1. The van der Waals surface area contributed by atoms with E-state index in [1.165, 1.54) is 6.33 Å². The van der Waals surface area contributed by atoms with Crippen LogP contribution in [0.5, 0.6) is 0 Å². The van der Waals surface area contributed by atoms with E-state index in [0.717, 1.165) is 0 Å². The molecule has 0 spiro atoms. The minimum Gasteiger partial charge on any atom is -0.438 e. The fourth-order valence-electron chi connectivity index (χ4n) is 2.89. The summed E-state index contributed by atoms with van der Waals surface area (Å²) in [5.74, 6) is -0.812. The number of hydrogen-bond acceptors (Lipinski definition) is 12. The molecule has 0 unspecified atom stereocenters. The molecule has 2 aromatic heterocycles. The predicted octanol–water partition coefficient (Wildman–Crippen LogP) is 3.24. The molecule has 3 rings (SSSR count). The zero-order valence-electron chi connectivity index (χ0n) is 21.5. The molecule has 1 saturated carbocycles. The fraction of sp³-hybridized carbons (Fsp3) is 0.682. The van der Waals surface area contributed by atoms with Crippen molar-refractivity contribution in [3.05, 3.63) is 12.7 Å². The third-order valence-corrected chi connectivity index (χ3v) is 6.77. The molecule has 14 heteroatoms. The lowest BCUT2D eigenvalue weighted by molar-refractivity contribution is -0.162. The van der Waals surface area contributed by atoms with Gasteiger partial charge in [-0.1, -0.05) is 0 Å². The molecule has 2 aromatic rings. The predicted molar refractivity (Wildman–Crippen MR) is 128 cm³/mol. The first-order valence-electron chi connectivity index (χ1n) is 11.4. The number of aromatic nitrogens is 4. The molecule has 0 aliphatic heterocycles. The molecule has 1 aliphatic rings. The number of carbonyl (C=O) groups excluding carboxylic acids is 2. The average molecular weight is 528 g/mol. The zero-order valence-corrected chi connectivity index (χ0v) is 22.4. The molecular formula is C22H34N5O8P. The standard InChI is InChI=1S/C22H34N5O8P/c1-20(2,3)18(28)31-12-34-36(30,35-13-32-19(29)21(4,5)6)14-33-22(7-8-22)9-27-11-26-15-16(23)24-10-25-17(15)27/h10-11H,7-9,12-14H2,1-6H3,(H2,23,24,25). The van der Waals surface area contributed by atoms with Gasteiger partial charge in [0.25, 0.3) is 0 Å². The van der Waals surface area contributed by atoms with Crippen LogP contribution in [0.25, 0.3) is 11.2 Å². The Balaban J connectivity index is 1.65. The van der Waals surface area contributed by atoms with Gasteiger partial charge < -0.3 is 24.5 Å². The van der Waals surface area contributed by atoms with Gasteiger partial charge in [0, 0.05) is 0 Å². The van der Waals surface area contributed by atoms with Gasteiger partial charge in [-0.15, -0.1) is 0 Å². The van der Waals surface area contributed by atoms with Gasteiger partial charge in [0.15, 0.2) is 11.5 Å². The molecule has 0 bridgehead atoms. The minimum atomic E-state index is -3.99. The Labute approximate surface area is 209 Å². The number of nitrogens with two attached hydrogens (primary N) is 1. The van der Waals surface area contributed by atoms with E-state index in [4.69, 9.17) is 29.0 Å². The van der Waals surface area contributed by atoms with Crippen LogP contribution in [-0.2, 0) is 44.0 Å². The van der Waals surface area contributed by atoms with Crippen LogP contribution >= 0.6 is 7.60 Å². The smallest absolute Gasteiger partial charge is 0.361 e. The number of fused-ring (bicyclic) bond motifs is 1. The van der Waals surface area contributed by atoms with Gasteiger partial charge in [-0.2, -0.15) is 0 Å². The Bertz CT molecular complexity index is 1110. The van der Waals surface area contributed by atoms with Crippen LogP contribution in [0.4, 0.5) is 5.82 Å². The molecule has 0 saturated heterocycles. The third kappa shape index (κ3) is 7.22. The summed E-state index contributed by atoms with van der Waals surface area (Å²) < 4.78 is 41.9. The first kappa shape index (κ1) is 28.0. The number of nitrogens with zero attached hydrogens (tertiary/aromatic N) is 4. The van der Waals surface area contributed by atoms with Crippen molar-refractivity contribution in [3.63, 3.8) is 0 Å². The van der Waals surface area contributed by atoms with Crippen molar-refractivity contribution < 1.29 is 37.4 Å². The van der Waals surface area contributed by atoms with Crippen molar-refractivity contribution in [2.75, 3.05) is 25.7 Å². The zero-order chi connectivity index (χ0) is 26.8. The number of hydrogen-bond donors (Lipinski definition) is 1. The maximum atomic E-state index is 13.4. The van der Waals surface area contributed by atoms with Gasteiger partial charge >= 0.3 is 19.5 Å². The Hall–Kier alpha value is -2.60. The summed E-state index contributed by atoms with van der Waals surface area (Å²) in [6.45, 7) is 9.21. The van der Waals surface area contributed by atoms with Gasteiger partial charge in [0.2, 0.25) is 13.6 Å². The Morgan fingerprint density at radius 1 is 1.00 bits per heavy atom. The summed E-state index contributed by atoms with van der Waals surface area (Å²) in [5.41, 5.74) is 4.69. The monoisotopic (exact) mass is 527 g/mol. The van der Waals surface area contributed by atoms with Crippen molar-refractivity contribution in [2.45, 2.75) is 66.5 Å². The number of nitrogen functional groups attached to an aromatic ring is 1. The summed E-state index contributed by atoms with van der Waals surface area (Å²) >= 11 is 0. The molecule has 0 aromatic carbocycles. The highest BCUT2D eigenvalue weighted by atomic mass is 31.2. The number of anilines is 1. The van der Waals surface area contributed by atoms with E-state index in [9.17, 15) is 14.2 Å². The largest absolute Gasteiger partial charge is 0.438 e. The van der Waals surface area contributed by atoms with E-state index >= 15 is 0 Å². The van der Waals surface area contributed by atoms with E-state index in [1.54, 1.807) is 52.4 Å². The molecule has 1 aliphatic carbocycles. The van der Waals surface area contributed by atoms with Crippen LogP contribution in [-0.4, -0.2) is 57.0 Å². The number of carbonyl (C=O) groups is 2. The van der Waals surface area contributed by atoms with Gasteiger partial charge in [-0.05, 0) is 54.4 Å². The van der Waals surface area contributed by atoms with E-state index in [1.807, 2.05) is 0 Å². The third-order valence-electron chi connectivity index (χ3n) is 5.33. The van der Waals surface area contributed by atoms with Crippen LogP contribution in [0.3, 0.4) is 0 Å². The summed E-state index contributed by atoms with van der Waals surface area (Å²) in [5, 5.41) is 0. The second-order valence-corrected chi connectivity index (χ2v) is 12.7. The van der Waals surface area contributed by atoms with Crippen LogP contribution in [0.15, 0.2) is 12.7 Å². The van der Waals surface area contributed by atoms with Crippen molar-refractivity contribution >= 4 is 36.5 Å². The van der Waals surface area contributed by atoms with E-state index in [-0.39, 0.29) is 5.82 Å². The van der Waals surface area contributed by atoms with E-state index in [0.29, 0.717) is 30.6 Å². The molecule has 36 heavy (non-hydrogen) atoms. The highest BCUT2D eigenvalue weighted by Crippen LogP contribution is 2.52. The highest BCUT2D eigenvalue weighted by Gasteiger charge is 2.47. The second kappa shape index (κ2) is 10.4. The topological polar surface area (TPSA) is 167 Å². The van der Waals surface area contributed by atoms with Gasteiger partial charge in [-0.25, -0.2) is 15.0 Å². The van der Waals surface area contributed by atoms with Crippen molar-refractivity contribution in [2.24, 2.45) is 10.8 Å². The number of rotatable bonds is 11. The lowest BCUT2D eigenvalue weighted by Gasteiger charge is -2.24. The average Bonchev–Trinajstić information content (AvgIpc) is 3.42. The number of esters is 2. The van der Waals surface area contributed by atoms with Gasteiger partial charge in [0.1, 0.15) is 18.2 Å². The second-order valence-electron chi connectivity index (χ2n) is 10.7. The summed E-state index contributed by atoms with van der Waals surface area (Å²) in [6.07, 6.45) is 3.86. The number of ether oxygens (including phenoxy) is 3. The lowest BCUT2D eigenvalue weighted by Crippen LogP contribution is -2.26. The molecule has 0 radical (unpaired) electrons. The Morgan fingerprint density at radius 2 is 1.56 bits per heavy atom. The van der Waals surface area contributed by atoms with E-state index < -0.39 is 55.9 Å². The maximum absolute atomic E-state index is 13.4. The molecule has 2 heterocycles. The normalized spacial score (nSPS) is 15.6. The highest BCUT2D eigenvalue weighted by molar-refractivity contribution is 7.53. The molecule has 13 nitrogen and oxygen atoms in total. The molecule has 0 atom stereocenters.